The van der Waals surface area contributed by atoms with Crippen molar-refractivity contribution in [3.63, 3.8) is 0 Å². The quantitative estimate of drug-likeness (QED) is 0.310. The van der Waals surface area contributed by atoms with Crippen LogP contribution in [0.4, 0.5) is 0 Å². The van der Waals surface area contributed by atoms with Gasteiger partial charge in [-0.2, -0.15) is 11.8 Å². The smallest absolute Gasteiger partial charge is 0.233 e. The fourth-order valence-corrected chi connectivity index (χ4v) is 4.11. The summed E-state index contributed by atoms with van der Waals surface area (Å²) in [6.45, 7) is 0.715. The van der Waals surface area contributed by atoms with Crippen LogP contribution in [0.5, 0.6) is 0 Å². The molecule has 0 radical (unpaired) electrons. The van der Waals surface area contributed by atoms with E-state index in [0.29, 0.717) is 25.3 Å². The number of nitrogens with one attached hydrogen (secondary N) is 1. The zero-order valence-electron chi connectivity index (χ0n) is 10.5. The molecule has 0 bridgehead atoms. The highest BCUT2D eigenvalue weighted by Gasteiger charge is 2.45. The zero-order chi connectivity index (χ0) is 13.0. The third-order valence-electron chi connectivity index (χ3n) is 4.07. The maximum absolute atomic E-state index is 12.3. The lowest BCUT2D eigenvalue weighted by atomic mass is 9.83. The predicted octanol–water partition coefficient (Wildman–Crippen LogP) is 1.16. The van der Waals surface area contributed by atoms with Gasteiger partial charge in [0, 0.05) is 6.54 Å². The van der Waals surface area contributed by atoms with E-state index in [1.54, 1.807) is 0 Å². The number of nitrogens with two attached hydrogens (primary N) is 1. The second kappa shape index (κ2) is 5.82. The molecule has 1 saturated heterocycles. The zero-order valence-corrected chi connectivity index (χ0v) is 11.3. The van der Waals surface area contributed by atoms with E-state index in [0.717, 1.165) is 18.6 Å². The molecule has 6 heteroatoms. The van der Waals surface area contributed by atoms with Gasteiger partial charge >= 0.3 is 0 Å². The number of carbonyl (C=O) groups is 1. The fourth-order valence-electron chi connectivity index (χ4n) is 2.82. The van der Waals surface area contributed by atoms with E-state index in [2.05, 4.69) is 10.5 Å². The molecule has 1 heterocycles. The molecular weight excluding hydrogens is 250 g/mol. The van der Waals surface area contributed by atoms with E-state index in [9.17, 15) is 4.79 Å². The molecule has 1 unspecified atom stereocenters. The van der Waals surface area contributed by atoms with Crippen LogP contribution < -0.4 is 11.1 Å². The van der Waals surface area contributed by atoms with Crippen molar-refractivity contribution in [1.29, 1.82) is 0 Å². The van der Waals surface area contributed by atoms with Crippen LogP contribution in [0, 0.1) is 11.3 Å². The van der Waals surface area contributed by atoms with Crippen LogP contribution in [0.3, 0.4) is 0 Å². The van der Waals surface area contributed by atoms with Gasteiger partial charge in [-0.25, -0.2) is 0 Å². The summed E-state index contributed by atoms with van der Waals surface area (Å²) in [6, 6.07) is 0. The lowest BCUT2D eigenvalue weighted by Gasteiger charge is -2.26. The van der Waals surface area contributed by atoms with Crippen molar-refractivity contribution in [3.05, 3.63) is 0 Å². The molecule has 2 rings (SSSR count). The summed E-state index contributed by atoms with van der Waals surface area (Å²) in [5.74, 6) is 2.89. The number of amidine groups is 1. The maximum Gasteiger partial charge on any atom is 0.233 e. The second-order valence-corrected chi connectivity index (χ2v) is 6.36. The van der Waals surface area contributed by atoms with E-state index >= 15 is 0 Å². The first kappa shape index (κ1) is 13.5. The molecular formula is C12H21N3O2S. The number of hydrogen-bond donors (Lipinski definition) is 3. The number of thioether (sulfide) groups is 1. The average molecular weight is 271 g/mol. The summed E-state index contributed by atoms with van der Waals surface area (Å²) in [5, 5.41) is 14.9. The molecule has 2 fully saturated rings. The Kier molecular flexibility index (Phi) is 4.37. The Bertz CT molecular complexity index is 334. The maximum atomic E-state index is 12.3. The highest BCUT2D eigenvalue weighted by atomic mass is 32.2. The molecule has 2 aliphatic rings. The van der Waals surface area contributed by atoms with Gasteiger partial charge in [0.05, 0.1) is 0 Å². The van der Waals surface area contributed by atoms with Gasteiger partial charge in [-0.3, -0.25) is 4.79 Å². The van der Waals surface area contributed by atoms with E-state index in [1.165, 1.54) is 12.2 Å². The Morgan fingerprint density at radius 1 is 1.50 bits per heavy atom. The third-order valence-corrected chi connectivity index (χ3v) is 5.30. The molecule has 1 aliphatic heterocycles. The Labute approximate surface area is 112 Å². The van der Waals surface area contributed by atoms with Crippen molar-refractivity contribution in [2.75, 3.05) is 18.1 Å². The molecule has 1 atom stereocenters. The molecule has 5 nitrogen and oxygen atoms in total. The monoisotopic (exact) mass is 271 g/mol. The highest BCUT2D eigenvalue weighted by Crippen LogP contribution is 2.38. The third kappa shape index (κ3) is 2.58. The molecule has 1 saturated carbocycles. The summed E-state index contributed by atoms with van der Waals surface area (Å²) < 4.78 is 0. The van der Waals surface area contributed by atoms with E-state index in [4.69, 9.17) is 10.9 Å². The van der Waals surface area contributed by atoms with Crippen LogP contribution in [-0.2, 0) is 4.79 Å². The topological polar surface area (TPSA) is 87.7 Å². The van der Waals surface area contributed by atoms with Crippen LogP contribution >= 0.6 is 11.8 Å². The Hall–Kier alpha value is -0.910. The number of amides is 1. The van der Waals surface area contributed by atoms with Crippen molar-refractivity contribution < 1.29 is 10.0 Å². The van der Waals surface area contributed by atoms with E-state index in [-0.39, 0.29) is 11.7 Å². The summed E-state index contributed by atoms with van der Waals surface area (Å²) in [7, 11) is 0. The molecule has 0 aromatic carbocycles. The van der Waals surface area contributed by atoms with Crippen molar-refractivity contribution in [3.8, 4) is 0 Å². The molecule has 0 aromatic heterocycles. The van der Waals surface area contributed by atoms with Gasteiger partial charge in [0.2, 0.25) is 5.91 Å². The molecule has 0 spiro atoms. The van der Waals surface area contributed by atoms with Gasteiger partial charge in [-0.1, -0.05) is 18.0 Å². The van der Waals surface area contributed by atoms with Crippen LogP contribution in [0.2, 0.25) is 0 Å². The molecule has 102 valence electrons. The predicted molar refractivity (Wildman–Crippen MR) is 72.8 cm³/mol. The first-order valence-electron chi connectivity index (χ1n) is 6.53. The van der Waals surface area contributed by atoms with Crippen LogP contribution in [-0.4, -0.2) is 35.0 Å². The molecule has 4 N–H and O–H groups in total. The van der Waals surface area contributed by atoms with Crippen LogP contribution in [0.1, 0.15) is 32.1 Å². The van der Waals surface area contributed by atoms with Crippen LogP contribution in [0.15, 0.2) is 5.16 Å². The lowest BCUT2D eigenvalue weighted by Crippen LogP contribution is -2.49. The summed E-state index contributed by atoms with van der Waals surface area (Å²) >= 11 is 1.94. The Balaban J connectivity index is 1.95. The molecule has 18 heavy (non-hydrogen) atoms. The van der Waals surface area contributed by atoms with Crippen molar-refractivity contribution >= 4 is 23.5 Å². The van der Waals surface area contributed by atoms with Gasteiger partial charge in [-0.15, -0.1) is 0 Å². The number of oxime groups is 1. The van der Waals surface area contributed by atoms with E-state index < -0.39 is 5.41 Å². The standard InChI is InChI=1S/C12H21N3O2S/c13-10(15-17)12(4-1-2-5-12)11(16)14-7-9-3-6-18-8-9/h9,17H,1-8H2,(H2,13,15)(H,14,16). The minimum atomic E-state index is -0.763. The van der Waals surface area contributed by atoms with Crippen molar-refractivity contribution in [2.24, 2.45) is 22.2 Å². The molecule has 1 aliphatic carbocycles. The fraction of sp³-hybridized carbons (Fsp3) is 0.833. The van der Waals surface area contributed by atoms with Crippen LogP contribution in [0.25, 0.3) is 0 Å². The van der Waals surface area contributed by atoms with Gasteiger partial charge in [-0.05, 0) is 36.7 Å². The summed E-state index contributed by atoms with van der Waals surface area (Å²) in [6.07, 6.45) is 4.47. The number of hydrogen-bond acceptors (Lipinski definition) is 4. The minimum absolute atomic E-state index is 0.0628. The normalized spacial score (nSPS) is 27.3. The lowest BCUT2D eigenvalue weighted by molar-refractivity contribution is -0.127. The molecule has 1 amide bonds. The van der Waals surface area contributed by atoms with Gasteiger partial charge in [0.1, 0.15) is 5.41 Å². The number of carbonyl (C=O) groups excluding carboxylic acids is 1. The van der Waals surface area contributed by atoms with E-state index in [1.807, 2.05) is 11.8 Å². The first-order valence-corrected chi connectivity index (χ1v) is 7.68. The summed E-state index contributed by atoms with van der Waals surface area (Å²) in [4.78, 5) is 12.3. The number of rotatable bonds is 4. The number of nitrogens with zero attached hydrogens (tertiary/aromatic N) is 1. The minimum Gasteiger partial charge on any atom is -0.409 e. The van der Waals surface area contributed by atoms with Gasteiger partial charge < -0.3 is 16.3 Å². The second-order valence-electron chi connectivity index (χ2n) is 5.21. The molecule has 0 aromatic rings. The van der Waals surface area contributed by atoms with Gasteiger partial charge in [0.25, 0.3) is 0 Å². The highest BCUT2D eigenvalue weighted by molar-refractivity contribution is 7.99. The summed E-state index contributed by atoms with van der Waals surface area (Å²) in [5.41, 5.74) is 4.97. The Morgan fingerprint density at radius 3 is 2.78 bits per heavy atom. The average Bonchev–Trinajstić information content (AvgIpc) is 3.06. The SMILES string of the molecule is NC(=NO)C1(C(=O)NCC2CCSC2)CCCC1. The van der Waals surface area contributed by atoms with Crippen molar-refractivity contribution in [2.45, 2.75) is 32.1 Å². The Morgan fingerprint density at radius 2 is 2.22 bits per heavy atom. The van der Waals surface area contributed by atoms with Crippen molar-refractivity contribution in [1.82, 2.24) is 5.32 Å². The largest absolute Gasteiger partial charge is 0.409 e. The first-order chi connectivity index (χ1) is 8.69. The van der Waals surface area contributed by atoms with Gasteiger partial charge in [0.15, 0.2) is 5.84 Å².